The quantitative estimate of drug-likeness (QED) is 0.760. The minimum absolute atomic E-state index is 0.00289. The second-order valence-corrected chi connectivity index (χ2v) is 3.39. The number of benzene rings is 1. The summed E-state index contributed by atoms with van der Waals surface area (Å²) < 4.78 is 0. The average molecular weight is 243 g/mol. The van der Waals surface area contributed by atoms with E-state index in [9.17, 15) is 9.59 Å². The van der Waals surface area contributed by atoms with E-state index < -0.39 is 5.97 Å². The van der Waals surface area contributed by atoms with Gasteiger partial charge in [-0.3, -0.25) is 0 Å². The lowest BCUT2D eigenvalue weighted by molar-refractivity contribution is 0.0697. The first-order valence-electron chi connectivity index (χ1n) is 4.62. The Kier molecular flexibility index (Phi) is 4.13. The predicted molar refractivity (Wildman–Crippen MR) is 61.1 cm³/mol. The highest BCUT2D eigenvalue weighted by Crippen LogP contribution is 2.20. The van der Waals surface area contributed by atoms with Gasteiger partial charge in [-0.15, -0.1) is 0 Å². The molecule has 0 saturated heterocycles. The zero-order valence-electron chi connectivity index (χ0n) is 8.58. The Morgan fingerprint density at radius 1 is 1.44 bits per heavy atom. The number of nitrogens with one attached hydrogen (secondary N) is 2. The van der Waals surface area contributed by atoms with Crippen molar-refractivity contribution in [3.05, 3.63) is 28.8 Å². The van der Waals surface area contributed by atoms with Gasteiger partial charge >= 0.3 is 12.0 Å². The van der Waals surface area contributed by atoms with Gasteiger partial charge < -0.3 is 15.7 Å². The van der Waals surface area contributed by atoms with Crippen molar-refractivity contribution in [2.75, 3.05) is 11.9 Å². The van der Waals surface area contributed by atoms with Gasteiger partial charge in [-0.25, -0.2) is 9.59 Å². The molecule has 0 unspecified atom stereocenters. The molecule has 0 spiro atoms. The van der Waals surface area contributed by atoms with Crippen LogP contribution in [0.2, 0.25) is 5.02 Å². The van der Waals surface area contributed by atoms with Gasteiger partial charge in [0.25, 0.3) is 0 Å². The Hall–Kier alpha value is -1.75. The Bertz CT molecular complexity index is 421. The molecule has 0 aliphatic rings. The fourth-order valence-electron chi connectivity index (χ4n) is 1.10. The maximum absolute atomic E-state index is 11.2. The maximum Gasteiger partial charge on any atom is 0.337 e. The zero-order valence-corrected chi connectivity index (χ0v) is 9.34. The average Bonchev–Trinajstić information content (AvgIpc) is 2.17. The number of rotatable bonds is 3. The highest BCUT2D eigenvalue weighted by molar-refractivity contribution is 6.33. The molecule has 1 rings (SSSR count). The molecule has 1 aromatic carbocycles. The lowest BCUT2D eigenvalue weighted by Gasteiger charge is -2.07. The molecule has 0 aliphatic heterocycles. The topological polar surface area (TPSA) is 78.4 Å². The maximum atomic E-state index is 11.2. The van der Waals surface area contributed by atoms with Crippen molar-refractivity contribution in [3.63, 3.8) is 0 Å². The summed E-state index contributed by atoms with van der Waals surface area (Å²) in [6.07, 6.45) is 0. The third-order valence-corrected chi connectivity index (χ3v) is 2.11. The van der Waals surface area contributed by atoms with Crippen molar-refractivity contribution in [2.45, 2.75) is 6.92 Å². The van der Waals surface area contributed by atoms with Crippen molar-refractivity contribution in [2.24, 2.45) is 0 Å². The molecule has 1 aromatic rings. The van der Waals surface area contributed by atoms with E-state index in [-0.39, 0.29) is 16.6 Å². The van der Waals surface area contributed by atoms with E-state index in [0.717, 1.165) is 0 Å². The van der Waals surface area contributed by atoms with Crippen LogP contribution in [0.4, 0.5) is 10.5 Å². The summed E-state index contributed by atoms with van der Waals surface area (Å²) in [5, 5.41) is 13.9. The van der Waals surface area contributed by atoms with Crippen LogP contribution < -0.4 is 10.6 Å². The molecule has 0 radical (unpaired) electrons. The number of halogens is 1. The lowest BCUT2D eigenvalue weighted by Crippen LogP contribution is -2.28. The summed E-state index contributed by atoms with van der Waals surface area (Å²) >= 11 is 5.73. The first-order valence-corrected chi connectivity index (χ1v) is 5.00. The predicted octanol–water partition coefficient (Wildman–Crippen LogP) is 2.18. The molecule has 0 aromatic heterocycles. The SMILES string of the molecule is CCNC(=O)Nc1ccc(C(=O)O)c(Cl)c1. The van der Waals surface area contributed by atoms with Gasteiger partial charge in [0.05, 0.1) is 10.6 Å². The number of aromatic carboxylic acids is 1. The van der Waals surface area contributed by atoms with E-state index >= 15 is 0 Å². The highest BCUT2D eigenvalue weighted by atomic mass is 35.5. The number of carbonyl (C=O) groups is 2. The van der Waals surface area contributed by atoms with E-state index in [1.54, 1.807) is 6.92 Å². The number of carboxylic acids is 1. The van der Waals surface area contributed by atoms with Crippen molar-refractivity contribution in [1.29, 1.82) is 0 Å². The molecule has 0 fully saturated rings. The summed E-state index contributed by atoms with van der Waals surface area (Å²) in [6.45, 7) is 2.30. The van der Waals surface area contributed by atoms with Crippen LogP contribution in [0.1, 0.15) is 17.3 Å². The third kappa shape index (κ3) is 3.13. The monoisotopic (exact) mass is 242 g/mol. The van der Waals surface area contributed by atoms with E-state index in [2.05, 4.69) is 10.6 Å². The molecular weight excluding hydrogens is 232 g/mol. The Morgan fingerprint density at radius 2 is 2.12 bits per heavy atom. The van der Waals surface area contributed by atoms with Crippen molar-refractivity contribution >= 4 is 29.3 Å². The molecule has 5 nitrogen and oxygen atoms in total. The van der Waals surface area contributed by atoms with Crippen LogP contribution in [0.15, 0.2) is 18.2 Å². The fourth-order valence-corrected chi connectivity index (χ4v) is 1.36. The van der Waals surface area contributed by atoms with Crippen LogP contribution >= 0.6 is 11.6 Å². The van der Waals surface area contributed by atoms with E-state index in [0.29, 0.717) is 12.2 Å². The van der Waals surface area contributed by atoms with Crippen molar-refractivity contribution in [3.8, 4) is 0 Å². The number of carboxylic acid groups (broad SMARTS) is 1. The highest BCUT2D eigenvalue weighted by Gasteiger charge is 2.09. The second-order valence-electron chi connectivity index (χ2n) is 2.98. The van der Waals surface area contributed by atoms with E-state index in [1.807, 2.05) is 0 Å². The molecule has 3 N–H and O–H groups in total. The summed E-state index contributed by atoms with van der Waals surface area (Å²) in [4.78, 5) is 21.8. The summed E-state index contributed by atoms with van der Waals surface area (Å²) in [5.74, 6) is -1.10. The first kappa shape index (κ1) is 12.3. The first-order chi connectivity index (χ1) is 7.54. The molecule has 0 bridgehead atoms. The van der Waals surface area contributed by atoms with Crippen LogP contribution in [0.3, 0.4) is 0 Å². The van der Waals surface area contributed by atoms with Gasteiger partial charge in [0.1, 0.15) is 0 Å². The van der Waals surface area contributed by atoms with Gasteiger partial charge in [0, 0.05) is 12.2 Å². The number of hydrogen-bond acceptors (Lipinski definition) is 2. The van der Waals surface area contributed by atoms with Crippen LogP contribution in [0.5, 0.6) is 0 Å². The molecule has 0 heterocycles. The molecule has 0 atom stereocenters. The van der Waals surface area contributed by atoms with Gasteiger partial charge in [-0.05, 0) is 25.1 Å². The van der Waals surface area contributed by atoms with Crippen molar-refractivity contribution in [1.82, 2.24) is 5.32 Å². The minimum atomic E-state index is -1.10. The Balaban J connectivity index is 2.81. The number of amides is 2. The molecule has 2 amide bonds. The molecule has 6 heteroatoms. The van der Waals surface area contributed by atoms with Crippen LogP contribution in [0.25, 0.3) is 0 Å². The standard InChI is InChI=1S/C10H11ClN2O3/c1-2-12-10(16)13-6-3-4-7(9(14)15)8(11)5-6/h3-5H,2H2,1H3,(H,14,15)(H2,12,13,16). The number of urea groups is 1. The van der Waals surface area contributed by atoms with Crippen LogP contribution in [-0.4, -0.2) is 23.7 Å². The van der Waals surface area contributed by atoms with Gasteiger partial charge in [-0.1, -0.05) is 11.6 Å². The van der Waals surface area contributed by atoms with Crippen molar-refractivity contribution < 1.29 is 14.7 Å². The Labute approximate surface area is 97.4 Å². The summed E-state index contributed by atoms with van der Waals surface area (Å²) in [6, 6.07) is 3.85. The summed E-state index contributed by atoms with van der Waals surface area (Å²) in [5.41, 5.74) is 0.448. The lowest BCUT2D eigenvalue weighted by atomic mass is 10.2. The van der Waals surface area contributed by atoms with Gasteiger partial charge in [-0.2, -0.15) is 0 Å². The minimum Gasteiger partial charge on any atom is -0.478 e. The van der Waals surface area contributed by atoms with E-state index in [1.165, 1.54) is 18.2 Å². The molecular formula is C10H11ClN2O3. The molecule has 16 heavy (non-hydrogen) atoms. The van der Waals surface area contributed by atoms with Gasteiger partial charge in [0.2, 0.25) is 0 Å². The largest absolute Gasteiger partial charge is 0.478 e. The zero-order chi connectivity index (χ0) is 12.1. The fraction of sp³-hybridized carbons (Fsp3) is 0.200. The Morgan fingerprint density at radius 3 is 2.62 bits per heavy atom. The second kappa shape index (κ2) is 5.37. The summed E-state index contributed by atoms with van der Waals surface area (Å²) in [7, 11) is 0. The third-order valence-electron chi connectivity index (χ3n) is 1.79. The molecule has 0 saturated carbocycles. The number of carbonyl (C=O) groups excluding carboxylic acids is 1. The normalized spacial score (nSPS) is 9.62. The number of hydrogen-bond donors (Lipinski definition) is 3. The number of anilines is 1. The smallest absolute Gasteiger partial charge is 0.337 e. The van der Waals surface area contributed by atoms with E-state index in [4.69, 9.17) is 16.7 Å². The molecule has 86 valence electrons. The van der Waals surface area contributed by atoms with Crippen LogP contribution in [-0.2, 0) is 0 Å². The molecule has 0 aliphatic carbocycles. The van der Waals surface area contributed by atoms with Gasteiger partial charge in [0.15, 0.2) is 0 Å². The van der Waals surface area contributed by atoms with Crippen LogP contribution in [0, 0.1) is 0 Å².